The van der Waals surface area contributed by atoms with Gasteiger partial charge in [0.15, 0.2) is 19.3 Å². The zero-order valence-corrected chi connectivity index (χ0v) is 35.9. The Hall–Kier alpha value is -7.15. The van der Waals surface area contributed by atoms with Crippen LogP contribution in [0, 0.1) is 11.3 Å². The topological polar surface area (TPSA) is 49.8 Å². The largest absolute Gasteiger partial charge is 0.428 e. The fraction of sp³-hybridized carbons (Fsp3) is 0.222. The van der Waals surface area contributed by atoms with Crippen molar-refractivity contribution < 1.29 is 115 Å². The van der Waals surface area contributed by atoms with Crippen LogP contribution in [-0.2, 0) is 56.0 Å². The van der Waals surface area contributed by atoms with Gasteiger partial charge in [-0.1, -0.05) is 78.9 Å². The SMILES string of the molecule is FC(F)(F)c1cc([B-](c2cc(C(F)(F)F)cc(C(F)(F)F)c2)(c2cc(C(F)(F)F)cc(C(F)(F)F)c2)c2cc(C(F)(F)F)cc(C(F)(F)F)c2)cc(C(F)(F)F)c1.N#CCOc1cncc[n+]1Cc1ccccc1. The van der Waals surface area contributed by atoms with Crippen LogP contribution in [0.2, 0.25) is 0 Å². The number of hydrogen-bond donors (Lipinski definition) is 0. The predicted octanol–water partition coefficient (Wildman–Crippen LogP) is 12.5. The van der Waals surface area contributed by atoms with Crippen molar-refractivity contribution in [1.82, 2.24) is 4.98 Å². The first kappa shape index (κ1) is 57.8. The van der Waals surface area contributed by atoms with E-state index in [2.05, 4.69) is 4.98 Å². The molecule has 0 saturated heterocycles. The standard InChI is InChI=1S/C32H12BF24.C13H12N3O/c34-25(35,36)13-1-14(26(37,38)39)6-21(5-13)33(22-7-15(27(40,41)42)2-16(8-22)28(43,44)45,23-9-17(29(46,47)48)3-18(10-23)30(49,50)51)24-11-19(31(52,53)54)4-20(12-24)32(55,56)57;14-6-9-17-13-10-15-7-8-16(13)11-12-4-2-1-3-5-12/h1-12H;1-5,7-8,10H,9,11H2/q-1;+1. The molecule has 0 N–H and O–H groups in total. The van der Waals surface area contributed by atoms with E-state index >= 15 is 0 Å². The van der Waals surface area contributed by atoms with Gasteiger partial charge < -0.3 is 4.74 Å². The molecule has 6 aromatic rings. The highest BCUT2D eigenvalue weighted by Crippen LogP contribution is 2.41. The summed E-state index contributed by atoms with van der Waals surface area (Å²) >= 11 is 0. The molecule has 0 radical (unpaired) electrons. The van der Waals surface area contributed by atoms with Crippen molar-refractivity contribution in [2.45, 2.75) is 56.0 Å². The number of alkyl halides is 24. The molecule has 0 aliphatic heterocycles. The van der Waals surface area contributed by atoms with E-state index in [1.54, 1.807) is 12.4 Å². The van der Waals surface area contributed by atoms with Crippen molar-refractivity contribution in [2.75, 3.05) is 6.61 Å². The molecule has 0 spiro atoms. The summed E-state index contributed by atoms with van der Waals surface area (Å²) in [6.07, 6.45) is -49.7. The Morgan fingerprint density at radius 3 is 0.932 bits per heavy atom. The van der Waals surface area contributed by atoms with Gasteiger partial charge in [0.1, 0.15) is 18.4 Å². The van der Waals surface area contributed by atoms with Crippen LogP contribution < -0.4 is 31.2 Å². The average Bonchev–Trinajstić information content (AvgIpc) is 3.27. The molecule has 0 atom stereocenters. The molecule has 0 aliphatic carbocycles. The van der Waals surface area contributed by atoms with Gasteiger partial charge in [-0.3, -0.25) is 0 Å². The van der Waals surface area contributed by atoms with E-state index in [9.17, 15) is 105 Å². The van der Waals surface area contributed by atoms with Crippen molar-refractivity contribution >= 4 is 28.0 Å². The first-order valence-corrected chi connectivity index (χ1v) is 19.9. The average molecular weight is 1090 g/mol. The van der Waals surface area contributed by atoms with Gasteiger partial charge in [-0.2, -0.15) is 137 Å². The highest BCUT2D eigenvalue weighted by Gasteiger charge is 2.47. The Kier molecular flexibility index (Phi) is 15.8. The number of halogens is 24. The predicted molar refractivity (Wildman–Crippen MR) is 211 cm³/mol. The third kappa shape index (κ3) is 13.5. The molecule has 0 aliphatic rings. The van der Waals surface area contributed by atoms with Crippen LogP contribution in [0.15, 0.2) is 122 Å². The van der Waals surface area contributed by atoms with Crippen LogP contribution in [0.3, 0.4) is 0 Å². The van der Waals surface area contributed by atoms with E-state index in [1.807, 2.05) is 47.2 Å². The van der Waals surface area contributed by atoms with E-state index in [0.29, 0.717) is 12.4 Å². The molecule has 74 heavy (non-hydrogen) atoms. The number of nitriles is 1. The summed E-state index contributed by atoms with van der Waals surface area (Å²) in [5, 5.41) is 8.50. The number of aromatic nitrogens is 2. The van der Waals surface area contributed by atoms with Gasteiger partial charge in [0, 0.05) is 5.56 Å². The Balaban J connectivity index is 0.000000500. The van der Waals surface area contributed by atoms with Gasteiger partial charge >= 0.3 is 55.3 Å². The van der Waals surface area contributed by atoms with Crippen molar-refractivity contribution in [3.8, 4) is 11.9 Å². The van der Waals surface area contributed by atoms with Crippen molar-refractivity contribution in [3.05, 3.63) is 172 Å². The van der Waals surface area contributed by atoms with Gasteiger partial charge in [-0.15, -0.1) is 0 Å². The van der Waals surface area contributed by atoms with Crippen LogP contribution in [0.5, 0.6) is 5.88 Å². The van der Waals surface area contributed by atoms with Gasteiger partial charge in [0.25, 0.3) is 0 Å². The second kappa shape index (κ2) is 20.3. The number of benzene rings is 5. The minimum absolute atomic E-state index is 0.0283. The van der Waals surface area contributed by atoms with Crippen LogP contribution in [-0.4, -0.2) is 17.7 Å². The number of nitrogens with zero attached hydrogens (tertiary/aromatic N) is 3. The molecule has 0 bridgehead atoms. The zero-order valence-electron chi connectivity index (χ0n) is 35.9. The lowest BCUT2D eigenvalue weighted by atomic mass is 9.12. The lowest BCUT2D eigenvalue weighted by Crippen LogP contribution is -2.75. The molecule has 396 valence electrons. The highest BCUT2D eigenvalue weighted by atomic mass is 19.4. The minimum atomic E-state index is -6.13. The molecular weight excluding hydrogens is 1070 g/mol. The van der Waals surface area contributed by atoms with E-state index < -0.39 is 195 Å². The minimum Gasteiger partial charge on any atom is -0.428 e. The van der Waals surface area contributed by atoms with Crippen molar-refractivity contribution in [2.24, 2.45) is 0 Å². The van der Waals surface area contributed by atoms with Gasteiger partial charge in [0.2, 0.25) is 0 Å². The fourth-order valence-corrected chi connectivity index (χ4v) is 7.58. The number of hydrogen-bond acceptors (Lipinski definition) is 3. The zero-order chi connectivity index (χ0) is 55.8. The Labute approximate surface area is 399 Å². The van der Waals surface area contributed by atoms with E-state index in [1.165, 1.54) is 5.56 Å². The van der Waals surface area contributed by atoms with E-state index in [-0.39, 0.29) is 6.61 Å². The monoisotopic (exact) mass is 1090 g/mol. The van der Waals surface area contributed by atoms with Crippen molar-refractivity contribution in [1.29, 1.82) is 5.26 Å². The molecule has 0 fully saturated rings. The van der Waals surface area contributed by atoms with Gasteiger partial charge in [0.05, 0.1) is 50.7 Å². The lowest BCUT2D eigenvalue weighted by molar-refractivity contribution is -0.693. The summed E-state index contributed by atoms with van der Waals surface area (Å²) in [7, 11) is 0. The van der Waals surface area contributed by atoms with Crippen LogP contribution in [0.25, 0.3) is 0 Å². The number of rotatable bonds is 8. The van der Waals surface area contributed by atoms with Crippen molar-refractivity contribution in [3.63, 3.8) is 0 Å². The number of ether oxygens (including phenoxy) is 1. The molecule has 29 heteroatoms. The molecule has 0 saturated carbocycles. The normalized spacial score (nSPS) is 13.2. The third-order valence-corrected chi connectivity index (χ3v) is 10.7. The maximum absolute atomic E-state index is 14.2. The van der Waals surface area contributed by atoms with E-state index in [4.69, 9.17) is 10.00 Å². The quantitative estimate of drug-likeness (QED) is 0.0867. The van der Waals surface area contributed by atoms with Gasteiger partial charge in [-0.05, 0) is 24.3 Å². The molecule has 5 aromatic carbocycles. The summed E-state index contributed by atoms with van der Waals surface area (Å²) in [6.45, 7) is 0.727. The smallest absolute Gasteiger partial charge is 0.416 e. The van der Waals surface area contributed by atoms with E-state index in [0.717, 1.165) is 0 Å². The molecular formula is C45H24BF24N3O. The summed E-state index contributed by atoms with van der Waals surface area (Å²) in [5.74, 6) is 0.595. The van der Waals surface area contributed by atoms with Gasteiger partial charge in [-0.25, -0.2) is 4.98 Å². The first-order valence-electron chi connectivity index (χ1n) is 19.9. The fourth-order valence-electron chi connectivity index (χ4n) is 7.58. The maximum atomic E-state index is 14.2. The Bertz CT molecular complexity index is 2560. The van der Waals surface area contributed by atoms with Crippen LogP contribution in [0.4, 0.5) is 105 Å². The molecule has 0 amide bonds. The molecule has 1 aromatic heterocycles. The summed E-state index contributed by atoms with van der Waals surface area (Å²) in [4.78, 5) is 3.98. The Morgan fingerprint density at radius 2 is 0.689 bits per heavy atom. The summed E-state index contributed by atoms with van der Waals surface area (Å²) < 4.78 is 348. The second-order valence-corrected chi connectivity index (χ2v) is 15.7. The summed E-state index contributed by atoms with van der Waals surface area (Å²) in [6, 6.07) is 3.19. The third-order valence-electron chi connectivity index (χ3n) is 10.7. The maximum Gasteiger partial charge on any atom is 0.416 e. The molecule has 0 unspecified atom stereocenters. The van der Waals surface area contributed by atoms with Crippen LogP contribution >= 0.6 is 0 Å². The molecule has 4 nitrogen and oxygen atoms in total. The summed E-state index contributed by atoms with van der Waals surface area (Å²) in [5.41, 5.74) is -29.0. The first-order chi connectivity index (χ1) is 33.7. The molecule has 6 rings (SSSR count). The van der Waals surface area contributed by atoms with Crippen LogP contribution in [0.1, 0.15) is 50.1 Å². The Morgan fingerprint density at radius 1 is 0.419 bits per heavy atom. The highest BCUT2D eigenvalue weighted by molar-refractivity contribution is 7.20. The molecule has 1 heterocycles. The lowest BCUT2D eigenvalue weighted by Gasteiger charge is -2.46. The second-order valence-electron chi connectivity index (χ2n) is 15.7.